The molecule has 6 nitrogen and oxygen atoms in total. The van der Waals surface area contributed by atoms with Crippen LogP contribution in [0.25, 0.3) is 0 Å². The zero-order valence-electron chi connectivity index (χ0n) is 20.0. The van der Waals surface area contributed by atoms with Crippen molar-refractivity contribution in [2.45, 2.75) is 45.6 Å². The molecule has 1 fully saturated rings. The van der Waals surface area contributed by atoms with Crippen LogP contribution < -0.4 is 20.7 Å². The number of benzene rings is 2. The highest BCUT2D eigenvalue weighted by atomic mass is 16.5. The van der Waals surface area contributed by atoms with Gasteiger partial charge >= 0.3 is 0 Å². The summed E-state index contributed by atoms with van der Waals surface area (Å²) in [6, 6.07) is 16.3. The first-order valence-corrected chi connectivity index (χ1v) is 12.0. The smallest absolute Gasteiger partial charge is 0.247 e. The zero-order valence-corrected chi connectivity index (χ0v) is 20.0. The maximum atomic E-state index is 13.1. The molecule has 3 rings (SSSR count). The van der Waals surface area contributed by atoms with Gasteiger partial charge in [-0.2, -0.15) is 0 Å². The van der Waals surface area contributed by atoms with Gasteiger partial charge in [-0.05, 0) is 42.5 Å². The van der Waals surface area contributed by atoms with Gasteiger partial charge in [-0.3, -0.25) is 9.59 Å². The van der Waals surface area contributed by atoms with Crippen LogP contribution in [0.5, 0.6) is 5.75 Å². The third-order valence-corrected chi connectivity index (χ3v) is 6.20. The SMILES string of the molecule is CCCC(C)COc1ccc([C@@H](NC(=O)[C@@H](C)c2ccccc2)C(=O)NCC2CNC2)cc1. The molecule has 1 unspecified atom stereocenters. The van der Waals surface area contributed by atoms with Crippen molar-refractivity contribution in [3.05, 3.63) is 65.7 Å². The quantitative estimate of drug-likeness (QED) is 0.459. The second-order valence-electron chi connectivity index (χ2n) is 9.12. The summed E-state index contributed by atoms with van der Waals surface area (Å²) >= 11 is 0. The molecule has 0 radical (unpaired) electrons. The fourth-order valence-corrected chi connectivity index (χ4v) is 3.87. The predicted molar refractivity (Wildman–Crippen MR) is 131 cm³/mol. The minimum Gasteiger partial charge on any atom is -0.493 e. The van der Waals surface area contributed by atoms with E-state index in [0.29, 0.717) is 25.0 Å². The van der Waals surface area contributed by atoms with Crippen LogP contribution in [0, 0.1) is 11.8 Å². The topological polar surface area (TPSA) is 79.5 Å². The molecule has 1 aliphatic rings. The van der Waals surface area contributed by atoms with Crippen molar-refractivity contribution < 1.29 is 14.3 Å². The normalized spacial score (nSPS) is 16.2. The lowest BCUT2D eigenvalue weighted by Crippen LogP contribution is -2.50. The minimum atomic E-state index is -0.759. The van der Waals surface area contributed by atoms with Gasteiger partial charge in [-0.25, -0.2) is 0 Å². The molecule has 0 saturated carbocycles. The lowest BCUT2D eigenvalue weighted by molar-refractivity contribution is -0.129. The van der Waals surface area contributed by atoms with Crippen molar-refractivity contribution in [2.24, 2.45) is 11.8 Å². The van der Waals surface area contributed by atoms with E-state index >= 15 is 0 Å². The summed E-state index contributed by atoms with van der Waals surface area (Å²) in [4.78, 5) is 26.1. The third kappa shape index (κ3) is 7.32. The molecule has 2 aromatic carbocycles. The average Bonchev–Trinajstić information content (AvgIpc) is 2.80. The number of carbonyl (C=O) groups excluding carboxylic acids is 2. The van der Waals surface area contributed by atoms with Gasteiger partial charge in [0, 0.05) is 25.6 Å². The van der Waals surface area contributed by atoms with Crippen LogP contribution >= 0.6 is 0 Å². The first kappa shape index (κ1) is 24.8. The molecule has 1 heterocycles. The lowest BCUT2D eigenvalue weighted by atomic mass is 9.98. The molecular weight excluding hydrogens is 414 g/mol. The van der Waals surface area contributed by atoms with Crippen LogP contribution in [-0.2, 0) is 9.59 Å². The summed E-state index contributed by atoms with van der Waals surface area (Å²) in [5.74, 6) is 0.967. The van der Waals surface area contributed by atoms with Crippen LogP contribution in [0.15, 0.2) is 54.6 Å². The first-order chi connectivity index (χ1) is 16.0. The number of nitrogens with one attached hydrogen (secondary N) is 3. The highest BCUT2D eigenvalue weighted by Gasteiger charge is 2.27. The van der Waals surface area contributed by atoms with E-state index in [4.69, 9.17) is 4.74 Å². The average molecular weight is 452 g/mol. The minimum absolute atomic E-state index is 0.180. The van der Waals surface area contributed by atoms with E-state index in [-0.39, 0.29) is 17.7 Å². The van der Waals surface area contributed by atoms with Crippen molar-refractivity contribution in [2.75, 3.05) is 26.2 Å². The molecular formula is C27H37N3O3. The van der Waals surface area contributed by atoms with E-state index in [2.05, 4.69) is 29.8 Å². The second-order valence-corrected chi connectivity index (χ2v) is 9.12. The fourth-order valence-electron chi connectivity index (χ4n) is 3.87. The maximum absolute atomic E-state index is 13.1. The molecule has 0 bridgehead atoms. The Kier molecular flexibility index (Phi) is 9.31. The number of ether oxygens (including phenoxy) is 1. The van der Waals surface area contributed by atoms with Crippen LogP contribution in [-0.4, -0.2) is 38.1 Å². The Bertz CT molecular complexity index is 881. The van der Waals surface area contributed by atoms with Crippen molar-refractivity contribution >= 4 is 11.8 Å². The van der Waals surface area contributed by atoms with Gasteiger partial charge < -0.3 is 20.7 Å². The Morgan fingerprint density at radius 3 is 2.30 bits per heavy atom. The molecule has 3 atom stereocenters. The Hall–Kier alpha value is -2.86. The number of hydrogen-bond acceptors (Lipinski definition) is 4. The predicted octanol–water partition coefficient (Wildman–Crippen LogP) is 3.80. The van der Waals surface area contributed by atoms with Crippen molar-refractivity contribution in [1.82, 2.24) is 16.0 Å². The Morgan fingerprint density at radius 1 is 1.00 bits per heavy atom. The van der Waals surface area contributed by atoms with Gasteiger partial charge in [0.25, 0.3) is 0 Å². The third-order valence-electron chi connectivity index (χ3n) is 6.20. The largest absolute Gasteiger partial charge is 0.493 e. The molecule has 178 valence electrons. The van der Waals surface area contributed by atoms with Crippen molar-refractivity contribution in [1.29, 1.82) is 0 Å². The first-order valence-electron chi connectivity index (χ1n) is 12.0. The summed E-state index contributed by atoms with van der Waals surface area (Å²) in [5, 5.41) is 9.19. The van der Waals surface area contributed by atoms with Gasteiger partial charge in [-0.1, -0.05) is 62.7 Å². The Balaban J connectivity index is 1.69. The second kappa shape index (κ2) is 12.4. The van der Waals surface area contributed by atoms with Gasteiger partial charge in [0.15, 0.2) is 0 Å². The molecule has 33 heavy (non-hydrogen) atoms. The van der Waals surface area contributed by atoms with Crippen LogP contribution in [0.4, 0.5) is 0 Å². The highest BCUT2D eigenvalue weighted by molar-refractivity contribution is 5.91. The van der Waals surface area contributed by atoms with Gasteiger partial charge in [0.2, 0.25) is 11.8 Å². The van der Waals surface area contributed by atoms with Crippen LogP contribution in [0.1, 0.15) is 56.7 Å². The van der Waals surface area contributed by atoms with E-state index in [1.165, 1.54) is 0 Å². The molecule has 2 aromatic rings. The van der Waals surface area contributed by atoms with Crippen molar-refractivity contribution in [3.63, 3.8) is 0 Å². The monoisotopic (exact) mass is 451 g/mol. The number of amides is 2. The molecule has 2 amide bonds. The molecule has 0 spiro atoms. The van der Waals surface area contributed by atoms with E-state index in [9.17, 15) is 9.59 Å². The van der Waals surface area contributed by atoms with E-state index < -0.39 is 6.04 Å². The number of hydrogen-bond donors (Lipinski definition) is 3. The molecule has 0 aliphatic carbocycles. The Labute approximate surface area is 197 Å². The van der Waals surface area contributed by atoms with Crippen molar-refractivity contribution in [3.8, 4) is 5.75 Å². The van der Waals surface area contributed by atoms with E-state index in [1.807, 2.05) is 61.5 Å². The lowest BCUT2D eigenvalue weighted by Gasteiger charge is -2.28. The summed E-state index contributed by atoms with van der Waals surface area (Å²) in [7, 11) is 0. The standard InChI is InChI=1S/C27H37N3O3/c1-4-8-19(2)18-33-24-13-11-23(12-14-24)25(27(32)29-17-21-15-28-16-21)30-26(31)20(3)22-9-6-5-7-10-22/h5-7,9-14,19-21,25,28H,4,8,15-18H2,1-3H3,(H,29,32)(H,30,31)/t19?,20-,25+/m0/s1. The van der Waals surface area contributed by atoms with Crippen LogP contribution in [0.2, 0.25) is 0 Å². The van der Waals surface area contributed by atoms with Gasteiger partial charge in [-0.15, -0.1) is 0 Å². The molecule has 6 heteroatoms. The van der Waals surface area contributed by atoms with E-state index in [0.717, 1.165) is 42.8 Å². The van der Waals surface area contributed by atoms with Crippen LogP contribution in [0.3, 0.4) is 0 Å². The summed E-state index contributed by atoms with van der Waals surface area (Å²) in [5.41, 5.74) is 1.65. The molecule has 1 saturated heterocycles. The summed E-state index contributed by atoms with van der Waals surface area (Å²) in [6.07, 6.45) is 2.26. The molecule has 0 aromatic heterocycles. The highest BCUT2D eigenvalue weighted by Crippen LogP contribution is 2.22. The summed E-state index contributed by atoms with van der Waals surface area (Å²) in [6.45, 7) is 9.29. The van der Waals surface area contributed by atoms with Gasteiger partial charge in [0.1, 0.15) is 11.8 Å². The number of rotatable bonds is 12. The number of carbonyl (C=O) groups is 2. The maximum Gasteiger partial charge on any atom is 0.247 e. The summed E-state index contributed by atoms with van der Waals surface area (Å²) < 4.78 is 5.90. The van der Waals surface area contributed by atoms with E-state index in [1.54, 1.807) is 0 Å². The molecule has 1 aliphatic heterocycles. The molecule has 3 N–H and O–H groups in total. The zero-order chi connectivity index (χ0) is 23.6. The Morgan fingerprint density at radius 2 is 1.70 bits per heavy atom. The van der Waals surface area contributed by atoms with Gasteiger partial charge in [0.05, 0.1) is 12.5 Å². The fraction of sp³-hybridized carbons (Fsp3) is 0.481.